The first-order valence-electron chi connectivity index (χ1n) is 3.87. The van der Waals surface area contributed by atoms with Crippen molar-refractivity contribution in [1.29, 1.82) is 0 Å². The Morgan fingerprint density at radius 3 is 2.60 bits per heavy atom. The first-order chi connectivity index (χ1) is 4.76. The van der Waals surface area contributed by atoms with Crippen LogP contribution in [0.5, 0.6) is 0 Å². The zero-order valence-corrected chi connectivity index (χ0v) is 8.04. The van der Waals surface area contributed by atoms with Crippen LogP contribution in [0.2, 0.25) is 0 Å². The van der Waals surface area contributed by atoms with Crippen LogP contribution < -0.4 is 0 Å². The molecule has 0 aromatic carbocycles. The molecule has 1 saturated heterocycles. The molecule has 1 saturated carbocycles. The van der Waals surface area contributed by atoms with Gasteiger partial charge in [0.15, 0.2) is 0 Å². The summed E-state index contributed by atoms with van der Waals surface area (Å²) < 4.78 is 2.30. The van der Waals surface area contributed by atoms with E-state index in [1.165, 1.54) is 12.8 Å². The van der Waals surface area contributed by atoms with Crippen LogP contribution in [0.25, 0.3) is 0 Å². The highest BCUT2D eigenvalue weighted by atomic mass is 127. The Morgan fingerprint density at radius 2 is 2.20 bits per heavy atom. The molecular weight excluding hydrogens is 241 g/mol. The van der Waals surface area contributed by atoms with E-state index < -0.39 is 0 Å². The van der Waals surface area contributed by atoms with Gasteiger partial charge in [-0.25, -0.2) is 3.11 Å². The predicted octanol–water partition coefficient (Wildman–Crippen LogP) is 1.33. The molecule has 0 radical (unpaired) electrons. The molecule has 0 amide bonds. The summed E-state index contributed by atoms with van der Waals surface area (Å²) in [4.78, 5) is 0. The van der Waals surface area contributed by atoms with Crippen LogP contribution in [-0.4, -0.2) is 26.4 Å². The minimum absolute atomic E-state index is 0.0434. The average Bonchev–Trinajstić information content (AvgIpc) is 2.64. The highest BCUT2D eigenvalue weighted by Gasteiger charge is 2.54. The van der Waals surface area contributed by atoms with Crippen LogP contribution in [0.1, 0.15) is 25.7 Å². The van der Waals surface area contributed by atoms with Gasteiger partial charge < -0.3 is 5.11 Å². The van der Waals surface area contributed by atoms with E-state index in [0.29, 0.717) is 0 Å². The molecule has 2 fully saturated rings. The van der Waals surface area contributed by atoms with Gasteiger partial charge in [-0.15, -0.1) is 0 Å². The third-order valence-electron chi connectivity index (χ3n) is 2.70. The molecule has 10 heavy (non-hydrogen) atoms. The molecule has 1 aliphatic heterocycles. The maximum absolute atomic E-state index is 9.62. The molecule has 1 spiro atoms. The van der Waals surface area contributed by atoms with Gasteiger partial charge in [-0.1, -0.05) is 0 Å². The molecule has 1 unspecified atom stereocenters. The van der Waals surface area contributed by atoms with E-state index in [1.807, 2.05) is 0 Å². The summed E-state index contributed by atoms with van der Waals surface area (Å²) in [6.45, 7) is 1.16. The van der Waals surface area contributed by atoms with Gasteiger partial charge in [-0.2, -0.15) is 0 Å². The average molecular weight is 253 g/mol. The van der Waals surface area contributed by atoms with E-state index >= 15 is 0 Å². The molecule has 2 rings (SSSR count). The zero-order chi connectivity index (χ0) is 7.19. The van der Waals surface area contributed by atoms with Crippen molar-refractivity contribution in [1.82, 2.24) is 3.11 Å². The SMILES string of the molecule is OC1CCCN(I)C12CC2. The standard InChI is InChI=1S/C7H12INO/c8-9-5-1-2-6(10)7(9)3-4-7/h6,10H,1-5H2. The van der Waals surface area contributed by atoms with Crippen molar-refractivity contribution in [3.05, 3.63) is 0 Å². The monoisotopic (exact) mass is 253 g/mol. The van der Waals surface area contributed by atoms with Crippen LogP contribution in [0.15, 0.2) is 0 Å². The fraction of sp³-hybridized carbons (Fsp3) is 1.00. The summed E-state index contributed by atoms with van der Waals surface area (Å²) in [5.41, 5.74) is 0.221. The molecule has 0 aromatic heterocycles. The van der Waals surface area contributed by atoms with Gasteiger partial charge in [0.2, 0.25) is 0 Å². The van der Waals surface area contributed by atoms with Gasteiger partial charge in [0, 0.05) is 29.4 Å². The maximum Gasteiger partial charge on any atom is 0.0732 e. The molecule has 1 N–H and O–H groups in total. The molecule has 58 valence electrons. The number of halogens is 1. The summed E-state index contributed by atoms with van der Waals surface area (Å²) in [6, 6.07) is 0. The third kappa shape index (κ3) is 0.905. The fourth-order valence-electron chi connectivity index (χ4n) is 1.78. The Hall–Kier alpha value is 0.650. The minimum atomic E-state index is -0.0434. The van der Waals surface area contributed by atoms with Gasteiger partial charge in [-0.05, 0) is 25.7 Å². The minimum Gasteiger partial charge on any atom is -0.391 e. The molecule has 1 atom stereocenters. The Morgan fingerprint density at radius 1 is 1.50 bits per heavy atom. The second-order valence-electron chi connectivity index (χ2n) is 3.35. The molecule has 2 aliphatic rings. The van der Waals surface area contributed by atoms with E-state index in [-0.39, 0.29) is 11.6 Å². The first-order valence-corrected chi connectivity index (χ1v) is 4.84. The number of nitrogens with zero attached hydrogens (tertiary/aromatic N) is 1. The Kier molecular flexibility index (Phi) is 1.69. The van der Waals surface area contributed by atoms with Crippen LogP contribution in [0, 0.1) is 0 Å². The second kappa shape index (κ2) is 2.32. The Balaban J connectivity index is 2.11. The summed E-state index contributed by atoms with van der Waals surface area (Å²) in [7, 11) is 0. The van der Waals surface area contributed by atoms with Crippen molar-refractivity contribution < 1.29 is 5.11 Å². The van der Waals surface area contributed by atoms with Crippen molar-refractivity contribution >= 4 is 22.9 Å². The zero-order valence-electron chi connectivity index (χ0n) is 5.89. The fourth-order valence-corrected chi connectivity index (χ4v) is 2.93. The molecular formula is C7H12INO. The normalized spacial score (nSPS) is 38.4. The Labute approximate surface area is 75.1 Å². The number of aliphatic hydroxyl groups excluding tert-OH is 1. The Bertz CT molecular complexity index is 135. The molecule has 0 aromatic rings. The number of piperidine rings is 1. The number of hydrogen-bond acceptors (Lipinski definition) is 2. The second-order valence-corrected chi connectivity index (χ2v) is 4.51. The van der Waals surface area contributed by atoms with E-state index in [4.69, 9.17) is 0 Å². The maximum atomic E-state index is 9.62. The van der Waals surface area contributed by atoms with Gasteiger partial charge in [0.05, 0.1) is 11.6 Å². The summed E-state index contributed by atoms with van der Waals surface area (Å²) in [5.74, 6) is 0. The van der Waals surface area contributed by atoms with Crippen molar-refractivity contribution in [3.8, 4) is 0 Å². The highest BCUT2D eigenvalue weighted by molar-refractivity contribution is 14.1. The molecule has 3 heteroatoms. The summed E-state index contributed by atoms with van der Waals surface area (Å²) in [6.07, 6.45) is 4.54. The number of aliphatic hydroxyl groups is 1. The number of rotatable bonds is 0. The number of hydrogen-bond donors (Lipinski definition) is 1. The summed E-state index contributed by atoms with van der Waals surface area (Å²) >= 11 is 2.35. The van der Waals surface area contributed by atoms with Crippen molar-refractivity contribution in [2.75, 3.05) is 6.54 Å². The van der Waals surface area contributed by atoms with E-state index in [2.05, 4.69) is 26.0 Å². The predicted molar refractivity (Wildman–Crippen MR) is 47.9 cm³/mol. The molecule has 2 nitrogen and oxygen atoms in total. The lowest BCUT2D eigenvalue weighted by atomic mass is 9.99. The van der Waals surface area contributed by atoms with Gasteiger partial charge in [0.1, 0.15) is 0 Å². The van der Waals surface area contributed by atoms with Gasteiger partial charge in [0.25, 0.3) is 0 Å². The molecule has 1 heterocycles. The van der Waals surface area contributed by atoms with E-state index in [0.717, 1.165) is 19.4 Å². The summed E-state index contributed by atoms with van der Waals surface area (Å²) in [5, 5.41) is 9.62. The highest BCUT2D eigenvalue weighted by Crippen LogP contribution is 2.49. The lowest BCUT2D eigenvalue weighted by Gasteiger charge is -2.35. The van der Waals surface area contributed by atoms with Gasteiger partial charge >= 0.3 is 0 Å². The third-order valence-corrected chi connectivity index (χ3v) is 4.14. The van der Waals surface area contributed by atoms with E-state index in [1.54, 1.807) is 0 Å². The van der Waals surface area contributed by atoms with Crippen molar-refractivity contribution in [2.24, 2.45) is 0 Å². The smallest absolute Gasteiger partial charge is 0.0732 e. The lowest BCUT2D eigenvalue weighted by molar-refractivity contribution is 0.0511. The quantitative estimate of drug-likeness (QED) is 0.520. The van der Waals surface area contributed by atoms with Gasteiger partial charge in [-0.3, -0.25) is 0 Å². The van der Waals surface area contributed by atoms with Crippen LogP contribution in [0.4, 0.5) is 0 Å². The van der Waals surface area contributed by atoms with E-state index in [9.17, 15) is 5.11 Å². The van der Waals surface area contributed by atoms with Crippen molar-refractivity contribution in [3.63, 3.8) is 0 Å². The largest absolute Gasteiger partial charge is 0.391 e. The topological polar surface area (TPSA) is 23.5 Å². The van der Waals surface area contributed by atoms with Crippen molar-refractivity contribution in [2.45, 2.75) is 37.3 Å². The molecule has 1 aliphatic carbocycles. The first kappa shape index (κ1) is 7.31. The van der Waals surface area contributed by atoms with Crippen LogP contribution >= 0.6 is 22.9 Å². The van der Waals surface area contributed by atoms with Crippen LogP contribution in [0.3, 0.4) is 0 Å². The molecule has 0 bridgehead atoms. The van der Waals surface area contributed by atoms with Crippen LogP contribution in [-0.2, 0) is 0 Å². The lowest BCUT2D eigenvalue weighted by Crippen LogP contribution is -2.44.